The predicted molar refractivity (Wildman–Crippen MR) is 71.2 cm³/mol. The maximum Gasteiger partial charge on any atom is 0.249 e. The van der Waals surface area contributed by atoms with Crippen LogP contribution < -0.4 is 5.32 Å². The molecule has 4 nitrogen and oxygen atoms in total. The van der Waals surface area contributed by atoms with E-state index in [1.807, 2.05) is 0 Å². The van der Waals surface area contributed by atoms with Crippen LogP contribution in [0.4, 0.5) is 4.39 Å². The van der Waals surface area contributed by atoms with Gasteiger partial charge in [0.05, 0.1) is 6.54 Å². The zero-order valence-electron chi connectivity index (χ0n) is 11.2. The summed E-state index contributed by atoms with van der Waals surface area (Å²) in [7, 11) is 0. The Morgan fingerprint density at radius 2 is 1.90 bits per heavy atom. The molecule has 0 atom stereocenters. The van der Waals surface area contributed by atoms with Gasteiger partial charge in [0.15, 0.2) is 0 Å². The van der Waals surface area contributed by atoms with Crippen LogP contribution in [0.15, 0.2) is 24.3 Å². The van der Waals surface area contributed by atoms with Crippen LogP contribution in [0, 0.1) is 5.82 Å². The lowest BCUT2D eigenvalue weighted by Gasteiger charge is -2.39. The number of nitrogens with zero attached hydrogens (tertiary/aromatic N) is 1. The minimum Gasteiger partial charge on any atom is -0.340 e. The van der Waals surface area contributed by atoms with Crippen molar-refractivity contribution in [1.82, 2.24) is 10.2 Å². The van der Waals surface area contributed by atoms with Crippen molar-refractivity contribution >= 4 is 11.8 Å². The highest BCUT2D eigenvalue weighted by molar-refractivity contribution is 5.98. The second-order valence-corrected chi connectivity index (χ2v) is 5.59. The fourth-order valence-electron chi connectivity index (χ4n) is 3.19. The van der Waals surface area contributed by atoms with Gasteiger partial charge in [-0.2, -0.15) is 0 Å². The standard InChI is InChI=1S/C15H17FN2O2/c16-12-6-2-1-5-11(12)9-18-10-13(19)17-15(14(18)20)7-3-4-8-15/h1-2,5-6H,3-4,7-10H2,(H,17,19). The van der Waals surface area contributed by atoms with Gasteiger partial charge >= 0.3 is 0 Å². The van der Waals surface area contributed by atoms with Crippen LogP contribution in [0.25, 0.3) is 0 Å². The lowest BCUT2D eigenvalue weighted by molar-refractivity contribution is -0.150. The van der Waals surface area contributed by atoms with E-state index in [1.54, 1.807) is 18.2 Å². The first-order valence-electron chi connectivity index (χ1n) is 6.94. The fourth-order valence-corrected chi connectivity index (χ4v) is 3.19. The Balaban J connectivity index is 1.84. The molecule has 2 fully saturated rings. The molecule has 106 valence electrons. The molecule has 20 heavy (non-hydrogen) atoms. The molecule has 0 unspecified atom stereocenters. The normalized spacial score (nSPS) is 21.4. The molecule has 1 aromatic carbocycles. The number of benzene rings is 1. The number of carbonyl (C=O) groups is 2. The van der Waals surface area contributed by atoms with E-state index in [9.17, 15) is 14.0 Å². The molecular weight excluding hydrogens is 259 g/mol. The van der Waals surface area contributed by atoms with Crippen molar-refractivity contribution in [2.45, 2.75) is 37.8 Å². The average molecular weight is 276 g/mol. The van der Waals surface area contributed by atoms with E-state index in [0.717, 1.165) is 12.8 Å². The first-order valence-corrected chi connectivity index (χ1v) is 6.94. The van der Waals surface area contributed by atoms with Crippen LogP contribution in [0.5, 0.6) is 0 Å². The Labute approximate surface area is 117 Å². The molecule has 1 aliphatic heterocycles. The van der Waals surface area contributed by atoms with Crippen molar-refractivity contribution in [3.05, 3.63) is 35.6 Å². The monoisotopic (exact) mass is 276 g/mol. The molecule has 1 aliphatic carbocycles. The van der Waals surface area contributed by atoms with Crippen molar-refractivity contribution in [2.75, 3.05) is 6.54 Å². The Morgan fingerprint density at radius 1 is 1.20 bits per heavy atom. The van der Waals surface area contributed by atoms with Crippen molar-refractivity contribution < 1.29 is 14.0 Å². The number of hydrogen-bond donors (Lipinski definition) is 1. The Hall–Kier alpha value is -1.91. The smallest absolute Gasteiger partial charge is 0.249 e. The molecule has 1 heterocycles. The van der Waals surface area contributed by atoms with E-state index in [1.165, 1.54) is 11.0 Å². The van der Waals surface area contributed by atoms with Crippen molar-refractivity contribution in [3.63, 3.8) is 0 Å². The maximum atomic E-state index is 13.7. The lowest BCUT2D eigenvalue weighted by atomic mass is 9.93. The Morgan fingerprint density at radius 3 is 2.60 bits per heavy atom. The van der Waals surface area contributed by atoms with Gasteiger partial charge in [0.2, 0.25) is 11.8 Å². The quantitative estimate of drug-likeness (QED) is 0.892. The van der Waals surface area contributed by atoms with Gasteiger partial charge in [-0.3, -0.25) is 9.59 Å². The van der Waals surface area contributed by atoms with Gasteiger partial charge in [0.1, 0.15) is 11.4 Å². The summed E-state index contributed by atoms with van der Waals surface area (Å²) in [5, 5.41) is 2.85. The largest absolute Gasteiger partial charge is 0.340 e. The lowest BCUT2D eigenvalue weighted by Crippen LogP contribution is -2.65. The Bertz CT molecular complexity index is 553. The van der Waals surface area contributed by atoms with Gasteiger partial charge < -0.3 is 10.2 Å². The van der Waals surface area contributed by atoms with Gasteiger partial charge in [-0.15, -0.1) is 0 Å². The number of amides is 2. The van der Waals surface area contributed by atoms with E-state index >= 15 is 0 Å². The summed E-state index contributed by atoms with van der Waals surface area (Å²) in [6.07, 6.45) is 3.26. The van der Waals surface area contributed by atoms with Crippen LogP contribution in [-0.4, -0.2) is 28.8 Å². The third-order valence-electron chi connectivity index (χ3n) is 4.19. The SMILES string of the molecule is O=C1CN(Cc2ccccc2F)C(=O)C2(CCCC2)N1. The molecule has 3 rings (SSSR count). The second kappa shape index (κ2) is 4.89. The number of halogens is 1. The van der Waals surface area contributed by atoms with E-state index in [0.29, 0.717) is 18.4 Å². The predicted octanol–water partition coefficient (Wildman–Crippen LogP) is 1.60. The highest BCUT2D eigenvalue weighted by atomic mass is 19.1. The van der Waals surface area contributed by atoms with Crippen LogP contribution in [0.3, 0.4) is 0 Å². The molecule has 0 bridgehead atoms. The molecule has 1 aromatic rings. The van der Waals surface area contributed by atoms with Crippen LogP contribution in [-0.2, 0) is 16.1 Å². The van der Waals surface area contributed by atoms with Gasteiger partial charge in [0.25, 0.3) is 0 Å². The molecule has 1 spiro atoms. The van der Waals surface area contributed by atoms with E-state index in [4.69, 9.17) is 0 Å². The molecule has 2 amide bonds. The molecule has 5 heteroatoms. The zero-order chi connectivity index (χ0) is 14.2. The first-order chi connectivity index (χ1) is 9.61. The average Bonchev–Trinajstić information content (AvgIpc) is 2.87. The van der Waals surface area contributed by atoms with E-state index < -0.39 is 5.54 Å². The third kappa shape index (κ3) is 2.17. The van der Waals surface area contributed by atoms with Crippen molar-refractivity contribution in [3.8, 4) is 0 Å². The summed E-state index contributed by atoms with van der Waals surface area (Å²) in [5.74, 6) is -0.563. The topological polar surface area (TPSA) is 49.4 Å². The van der Waals surface area contributed by atoms with E-state index in [2.05, 4.69) is 5.32 Å². The summed E-state index contributed by atoms with van der Waals surface area (Å²) in [4.78, 5) is 25.9. The summed E-state index contributed by atoms with van der Waals surface area (Å²) in [6.45, 7) is 0.162. The number of nitrogens with one attached hydrogen (secondary N) is 1. The maximum absolute atomic E-state index is 13.7. The number of rotatable bonds is 2. The number of piperazine rings is 1. The molecular formula is C15H17FN2O2. The summed E-state index contributed by atoms with van der Waals surface area (Å²) < 4.78 is 13.7. The summed E-state index contributed by atoms with van der Waals surface area (Å²) in [6, 6.07) is 6.37. The van der Waals surface area contributed by atoms with Gasteiger partial charge in [-0.25, -0.2) is 4.39 Å². The molecule has 0 radical (unpaired) electrons. The highest BCUT2D eigenvalue weighted by Crippen LogP contribution is 2.33. The van der Waals surface area contributed by atoms with Crippen LogP contribution >= 0.6 is 0 Å². The molecule has 1 saturated carbocycles. The first kappa shape index (κ1) is 13.1. The zero-order valence-corrected chi connectivity index (χ0v) is 11.2. The van der Waals surface area contributed by atoms with Gasteiger partial charge in [-0.05, 0) is 18.9 Å². The van der Waals surface area contributed by atoms with E-state index in [-0.39, 0.29) is 30.7 Å². The van der Waals surface area contributed by atoms with Crippen molar-refractivity contribution in [1.29, 1.82) is 0 Å². The molecule has 2 aliphatic rings. The number of hydrogen-bond acceptors (Lipinski definition) is 2. The van der Waals surface area contributed by atoms with Crippen molar-refractivity contribution in [2.24, 2.45) is 0 Å². The van der Waals surface area contributed by atoms with Crippen LogP contribution in [0.2, 0.25) is 0 Å². The molecule has 1 saturated heterocycles. The second-order valence-electron chi connectivity index (χ2n) is 5.59. The van der Waals surface area contributed by atoms with Crippen LogP contribution in [0.1, 0.15) is 31.2 Å². The summed E-state index contributed by atoms with van der Waals surface area (Å²) in [5.41, 5.74) is -0.288. The summed E-state index contributed by atoms with van der Waals surface area (Å²) >= 11 is 0. The van der Waals surface area contributed by atoms with Gasteiger partial charge in [-0.1, -0.05) is 31.0 Å². The third-order valence-corrected chi connectivity index (χ3v) is 4.19. The number of carbonyl (C=O) groups excluding carboxylic acids is 2. The highest BCUT2D eigenvalue weighted by Gasteiger charge is 2.48. The molecule has 0 aromatic heterocycles. The minimum atomic E-state index is -0.736. The molecule has 1 N–H and O–H groups in total. The minimum absolute atomic E-state index is 0.00885. The Kier molecular flexibility index (Phi) is 3.20. The van der Waals surface area contributed by atoms with Gasteiger partial charge in [0, 0.05) is 12.1 Å². The fraction of sp³-hybridized carbons (Fsp3) is 0.467.